The maximum atomic E-state index is 12.1. The second kappa shape index (κ2) is 7.07. The van der Waals surface area contributed by atoms with E-state index in [4.69, 9.17) is 0 Å². The molecule has 1 saturated heterocycles. The minimum atomic E-state index is -0.753. The first-order valence-corrected chi connectivity index (χ1v) is 7.89. The first-order chi connectivity index (χ1) is 9.64. The summed E-state index contributed by atoms with van der Waals surface area (Å²) in [5.41, 5.74) is -0.749. The summed E-state index contributed by atoms with van der Waals surface area (Å²) in [6, 6.07) is -0.139. The van der Waals surface area contributed by atoms with Crippen LogP contribution in [0, 0.1) is 5.41 Å². The summed E-state index contributed by atoms with van der Waals surface area (Å²) in [5.74, 6) is -0.786. The number of hydrogen-bond donors (Lipinski definition) is 3. The fourth-order valence-corrected chi connectivity index (χ4v) is 3.33. The maximum absolute atomic E-state index is 12.1. The van der Waals surface area contributed by atoms with Gasteiger partial charge in [0.25, 0.3) is 0 Å². The summed E-state index contributed by atoms with van der Waals surface area (Å²) in [7, 11) is 0. The third-order valence-corrected chi connectivity index (χ3v) is 4.74. The molecule has 0 aromatic rings. The molecule has 0 aromatic carbocycles. The maximum Gasteiger partial charge on any atom is 0.311 e. The first kappa shape index (κ1) is 15.3. The van der Waals surface area contributed by atoms with E-state index >= 15 is 0 Å². The Balaban J connectivity index is 1.91. The van der Waals surface area contributed by atoms with Gasteiger partial charge in [-0.25, -0.2) is 0 Å². The van der Waals surface area contributed by atoms with Gasteiger partial charge in [0.05, 0.1) is 11.5 Å². The molecule has 114 valence electrons. The van der Waals surface area contributed by atoms with Crippen molar-refractivity contribution < 1.29 is 14.7 Å². The summed E-state index contributed by atoms with van der Waals surface area (Å²) < 4.78 is 0. The van der Waals surface area contributed by atoms with Gasteiger partial charge in [0, 0.05) is 6.54 Å². The van der Waals surface area contributed by atoms with Gasteiger partial charge in [-0.3, -0.25) is 9.59 Å². The first-order valence-electron chi connectivity index (χ1n) is 7.89. The number of carbonyl (C=O) groups excluding carboxylic acids is 1. The van der Waals surface area contributed by atoms with Crippen LogP contribution in [-0.4, -0.2) is 36.1 Å². The number of carboxylic acids is 1. The van der Waals surface area contributed by atoms with Gasteiger partial charge in [-0.1, -0.05) is 32.1 Å². The zero-order valence-corrected chi connectivity index (χ0v) is 12.1. The van der Waals surface area contributed by atoms with Crippen LogP contribution in [0.5, 0.6) is 0 Å². The van der Waals surface area contributed by atoms with Crippen LogP contribution in [0.2, 0.25) is 0 Å². The lowest BCUT2D eigenvalue weighted by molar-refractivity contribution is -0.149. The number of rotatable bonds is 4. The van der Waals surface area contributed by atoms with E-state index in [1.807, 2.05) is 0 Å². The van der Waals surface area contributed by atoms with Crippen LogP contribution in [0.4, 0.5) is 0 Å². The Bertz CT molecular complexity index is 343. The third-order valence-electron chi connectivity index (χ3n) is 4.74. The molecule has 0 radical (unpaired) electrons. The van der Waals surface area contributed by atoms with E-state index < -0.39 is 11.4 Å². The van der Waals surface area contributed by atoms with Crippen LogP contribution in [0.3, 0.4) is 0 Å². The summed E-state index contributed by atoms with van der Waals surface area (Å²) in [6.07, 6.45) is 8.50. The molecule has 0 bridgehead atoms. The molecule has 0 spiro atoms. The standard InChI is InChI=1S/C15H26N2O3/c18-13(12-7-3-6-10-16-12)17-11-15(14(19)20)8-4-1-2-5-9-15/h12,16H,1-11H2,(H,17,18)(H,19,20). The van der Waals surface area contributed by atoms with Crippen LogP contribution in [0.25, 0.3) is 0 Å². The van der Waals surface area contributed by atoms with E-state index in [1.54, 1.807) is 0 Å². The molecule has 1 aliphatic carbocycles. The quantitative estimate of drug-likeness (QED) is 0.685. The highest BCUT2D eigenvalue weighted by Crippen LogP contribution is 2.34. The predicted molar refractivity (Wildman–Crippen MR) is 76.4 cm³/mol. The zero-order chi connectivity index (χ0) is 14.4. The lowest BCUT2D eigenvalue weighted by Gasteiger charge is -2.30. The Morgan fingerprint density at radius 2 is 1.80 bits per heavy atom. The van der Waals surface area contributed by atoms with Crippen LogP contribution in [0.1, 0.15) is 57.8 Å². The van der Waals surface area contributed by atoms with Gasteiger partial charge in [0.1, 0.15) is 0 Å². The summed E-state index contributed by atoms with van der Waals surface area (Å²) in [4.78, 5) is 23.8. The fourth-order valence-electron chi connectivity index (χ4n) is 3.33. The van der Waals surface area contributed by atoms with Crippen LogP contribution in [-0.2, 0) is 9.59 Å². The Hall–Kier alpha value is -1.10. The number of aliphatic carboxylic acids is 1. The lowest BCUT2D eigenvalue weighted by Crippen LogP contribution is -2.50. The van der Waals surface area contributed by atoms with Crippen molar-refractivity contribution >= 4 is 11.9 Å². The highest BCUT2D eigenvalue weighted by atomic mass is 16.4. The smallest absolute Gasteiger partial charge is 0.311 e. The molecule has 1 amide bonds. The van der Waals surface area contributed by atoms with Gasteiger partial charge in [-0.05, 0) is 32.2 Å². The Morgan fingerprint density at radius 3 is 2.35 bits per heavy atom. The van der Waals surface area contributed by atoms with Crippen LogP contribution in [0.15, 0.2) is 0 Å². The molecule has 2 aliphatic rings. The second-order valence-electron chi connectivity index (χ2n) is 6.22. The largest absolute Gasteiger partial charge is 0.481 e. The van der Waals surface area contributed by atoms with Gasteiger partial charge >= 0.3 is 5.97 Å². The molecular formula is C15H26N2O3. The molecule has 3 N–H and O–H groups in total. The molecular weight excluding hydrogens is 256 g/mol. The molecule has 0 aromatic heterocycles. The molecule has 2 rings (SSSR count). The number of carbonyl (C=O) groups is 2. The average molecular weight is 282 g/mol. The van der Waals surface area contributed by atoms with Crippen molar-refractivity contribution in [1.29, 1.82) is 0 Å². The molecule has 5 nitrogen and oxygen atoms in total. The van der Waals surface area contributed by atoms with Crippen LogP contribution >= 0.6 is 0 Å². The van der Waals surface area contributed by atoms with E-state index in [-0.39, 0.29) is 18.5 Å². The van der Waals surface area contributed by atoms with Crippen molar-refractivity contribution in [3.63, 3.8) is 0 Å². The van der Waals surface area contributed by atoms with Crippen molar-refractivity contribution in [1.82, 2.24) is 10.6 Å². The van der Waals surface area contributed by atoms with E-state index in [2.05, 4.69) is 10.6 Å². The predicted octanol–water partition coefficient (Wildman–Crippen LogP) is 1.67. The van der Waals surface area contributed by atoms with Gasteiger partial charge in [-0.15, -0.1) is 0 Å². The van der Waals surface area contributed by atoms with E-state index in [0.29, 0.717) is 12.8 Å². The topological polar surface area (TPSA) is 78.4 Å². The normalized spacial score (nSPS) is 26.5. The van der Waals surface area contributed by atoms with Crippen molar-refractivity contribution in [2.45, 2.75) is 63.8 Å². The number of piperidine rings is 1. The number of hydrogen-bond acceptors (Lipinski definition) is 3. The van der Waals surface area contributed by atoms with E-state index in [9.17, 15) is 14.7 Å². The van der Waals surface area contributed by atoms with Gasteiger partial charge < -0.3 is 15.7 Å². The average Bonchev–Trinajstić information content (AvgIpc) is 2.72. The molecule has 5 heteroatoms. The second-order valence-corrected chi connectivity index (χ2v) is 6.22. The van der Waals surface area contributed by atoms with Crippen molar-refractivity contribution in [3.05, 3.63) is 0 Å². The molecule has 1 atom stereocenters. The number of carboxylic acid groups (broad SMARTS) is 1. The summed E-state index contributed by atoms with van der Waals surface area (Å²) >= 11 is 0. The van der Waals surface area contributed by atoms with E-state index in [0.717, 1.165) is 51.5 Å². The Morgan fingerprint density at radius 1 is 1.10 bits per heavy atom. The SMILES string of the molecule is O=C(NCC1(C(=O)O)CCCCCC1)C1CCCCN1. The fraction of sp³-hybridized carbons (Fsp3) is 0.867. The minimum absolute atomic E-state index is 0.0328. The van der Waals surface area contributed by atoms with Gasteiger partial charge in [0.2, 0.25) is 5.91 Å². The highest BCUT2D eigenvalue weighted by molar-refractivity contribution is 5.83. The van der Waals surface area contributed by atoms with Crippen LogP contribution < -0.4 is 10.6 Å². The van der Waals surface area contributed by atoms with Gasteiger partial charge in [-0.2, -0.15) is 0 Å². The third kappa shape index (κ3) is 3.72. The van der Waals surface area contributed by atoms with Gasteiger partial charge in [0.15, 0.2) is 0 Å². The Kier molecular flexibility index (Phi) is 5.40. The molecule has 1 unspecified atom stereocenters. The summed E-state index contributed by atoms with van der Waals surface area (Å²) in [5, 5.41) is 15.7. The highest BCUT2D eigenvalue weighted by Gasteiger charge is 2.39. The van der Waals surface area contributed by atoms with Crippen molar-refractivity contribution in [2.24, 2.45) is 5.41 Å². The molecule has 2 fully saturated rings. The Labute approximate surface area is 120 Å². The van der Waals surface area contributed by atoms with Crippen molar-refractivity contribution in [3.8, 4) is 0 Å². The zero-order valence-electron chi connectivity index (χ0n) is 12.1. The van der Waals surface area contributed by atoms with Crippen molar-refractivity contribution in [2.75, 3.05) is 13.1 Å². The molecule has 1 heterocycles. The monoisotopic (exact) mass is 282 g/mol. The molecule has 1 aliphatic heterocycles. The molecule has 1 saturated carbocycles. The van der Waals surface area contributed by atoms with E-state index in [1.165, 1.54) is 0 Å². The summed E-state index contributed by atoms with van der Waals surface area (Å²) in [6.45, 7) is 1.15. The molecule has 20 heavy (non-hydrogen) atoms. The minimum Gasteiger partial charge on any atom is -0.481 e. The lowest BCUT2D eigenvalue weighted by atomic mass is 9.80. The number of amides is 1. The number of nitrogens with one attached hydrogen (secondary N) is 2.